The van der Waals surface area contributed by atoms with E-state index >= 15 is 0 Å². The summed E-state index contributed by atoms with van der Waals surface area (Å²) in [5, 5.41) is 18.8. The van der Waals surface area contributed by atoms with Gasteiger partial charge in [0.1, 0.15) is 28.7 Å². The molecule has 1 fully saturated rings. The van der Waals surface area contributed by atoms with E-state index in [2.05, 4.69) is 31.1 Å². The minimum atomic E-state index is -0.927. The van der Waals surface area contributed by atoms with Crippen LogP contribution >= 0.6 is 23.2 Å². The Morgan fingerprint density at radius 3 is 2.53 bits per heavy atom. The molecule has 1 aromatic carbocycles. The predicted octanol–water partition coefficient (Wildman–Crippen LogP) is 7.25. The van der Waals surface area contributed by atoms with E-state index in [1.807, 2.05) is 6.07 Å². The van der Waals surface area contributed by atoms with E-state index in [1.54, 1.807) is 18.2 Å². The van der Waals surface area contributed by atoms with Gasteiger partial charge in [0.05, 0.1) is 0 Å². The van der Waals surface area contributed by atoms with E-state index in [4.69, 9.17) is 32.2 Å². The lowest BCUT2D eigenvalue weighted by Gasteiger charge is -2.15. The number of Topliss-reactive ketones (excluding diaryl/α,β-unsaturated/α-hetero) is 1. The molecule has 1 saturated carbocycles. The fraction of sp³-hybridized carbons (Fsp3) is 0.481. The highest BCUT2D eigenvalue weighted by atomic mass is 35.5. The topological polar surface area (TPSA) is 106 Å². The maximum absolute atomic E-state index is 13.1. The molecule has 0 amide bonds. The Morgan fingerprint density at radius 2 is 1.89 bits per heavy atom. The summed E-state index contributed by atoms with van der Waals surface area (Å²) in [4.78, 5) is 24.4. The van der Waals surface area contributed by atoms with Crippen LogP contribution in [0.3, 0.4) is 0 Å². The van der Waals surface area contributed by atoms with E-state index in [9.17, 15) is 14.7 Å². The Hall–Kier alpha value is -2.64. The number of halogens is 2. The van der Waals surface area contributed by atoms with Gasteiger partial charge in [0.2, 0.25) is 0 Å². The predicted molar refractivity (Wildman–Crippen MR) is 137 cm³/mol. The SMILES string of the molecule is CC(C)(C)Cc1cc(-c2noc([C@@H](CCC(=O)O)CC(=O)Cc3ccc(Cl)cc3Cl)c2C2CC2)no1. The van der Waals surface area contributed by atoms with Gasteiger partial charge in [0.15, 0.2) is 0 Å². The number of aliphatic carboxylic acids is 1. The molecule has 1 N–H and O–H groups in total. The minimum Gasteiger partial charge on any atom is -0.481 e. The maximum atomic E-state index is 13.1. The van der Waals surface area contributed by atoms with Crippen LogP contribution in [-0.2, 0) is 22.4 Å². The van der Waals surface area contributed by atoms with Crippen LogP contribution < -0.4 is 0 Å². The number of carbonyl (C=O) groups excluding carboxylic acids is 1. The summed E-state index contributed by atoms with van der Waals surface area (Å²) in [6.07, 6.45) is 3.11. The summed E-state index contributed by atoms with van der Waals surface area (Å²) in [6, 6.07) is 6.92. The van der Waals surface area contributed by atoms with Crippen molar-refractivity contribution < 1.29 is 23.7 Å². The van der Waals surface area contributed by atoms with Crippen molar-refractivity contribution in [1.29, 1.82) is 0 Å². The number of aromatic nitrogens is 2. The number of rotatable bonds is 11. The first-order valence-electron chi connectivity index (χ1n) is 12.1. The average Bonchev–Trinajstić information content (AvgIpc) is 3.35. The third-order valence-corrected chi connectivity index (χ3v) is 6.79. The van der Waals surface area contributed by atoms with Crippen LogP contribution in [-0.4, -0.2) is 27.2 Å². The van der Waals surface area contributed by atoms with Gasteiger partial charge in [-0.1, -0.05) is 60.4 Å². The molecule has 9 heteroatoms. The Balaban J connectivity index is 1.60. The van der Waals surface area contributed by atoms with Gasteiger partial charge in [-0.25, -0.2) is 0 Å². The maximum Gasteiger partial charge on any atom is 0.303 e. The van der Waals surface area contributed by atoms with Crippen LogP contribution in [0, 0.1) is 5.41 Å². The highest BCUT2D eigenvalue weighted by molar-refractivity contribution is 6.35. The number of carboxylic acid groups (broad SMARTS) is 1. The summed E-state index contributed by atoms with van der Waals surface area (Å²) in [5.41, 5.74) is 2.85. The van der Waals surface area contributed by atoms with E-state index in [0.717, 1.165) is 30.6 Å². The molecule has 0 spiro atoms. The van der Waals surface area contributed by atoms with Gasteiger partial charge in [-0.2, -0.15) is 0 Å². The smallest absolute Gasteiger partial charge is 0.303 e. The Kier molecular flexibility index (Phi) is 7.90. The van der Waals surface area contributed by atoms with Crippen molar-refractivity contribution in [3.8, 4) is 11.4 Å². The summed E-state index contributed by atoms with van der Waals surface area (Å²) < 4.78 is 11.4. The monoisotopic (exact) mass is 532 g/mol. The van der Waals surface area contributed by atoms with Gasteiger partial charge in [-0.05, 0) is 48.3 Å². The third-order valence-electron chi connectivity index (χ3n) is 6.20. The van der Waals surface area contributed by atoms with Gasteiger partial charge < -0.3 is 14.2 Å². The second-order valence-electron chi connectivity index (χ2n) is 10.8. The molecule has 2 heterocycles. The first-order chi connectivity index (χ1) is 17.0. The molecule has 36 heavy (non-hydrogen) atoms. The summed E-state index contributed by atoms with van der Waals surface area (Å²) in [6.45, 7) is 6.38. The molecule has 0 unspecified atom stereocenters. The number of ketones is 1. The number of carbonyl (C=O) groups is 2. The van der Waals surface area contributed by atoms with Gasteiger partial charge >= 0.3 is 5.97 Å². The number of nitrogens with zero attached hydrogens (tertiary/aromatic N) is 2. The van der Waals surface area contributed by atoms with Crippen molar-refractivity contribution in [2.75, 3.05) is 0 Å². The molecule has 4 rings (SSSR count). The molecule has 0 aliphatic heterocycles. The molecule has 3 aromatic rings. The van der Waals surface area contributed by atoms with E-state index in [-0.39, 0.29) is 42.8 Å². The number of carboxylic acids is 1. The first kappa shape index (κ1) is 26.4. The average molecular weight is 533 g/mol. The molecular weight excluding hydrogens is 503 g/mol. The van der Waals surface area contributed by atoms with Crippen molar-refractivity contribution >= 4 is 35.0 Å². The second-order valence-corrected chi connectivity index (χ2v) is 11.6. The lowest BCUT2D eigenvalue weighted by molar-refractivity contribution is -0.137. The number of benzene rings is 1. The zero-order valence-corrected chi connectivity index (χ0v) is 22.2. The summed E-state index contributed by atoms with van der Waals surface area (Å²) >= 11 is 12.2. The van der Waals surface area contributed by atoms with Crippen molar-refractivity contribution in [2.45, 2.75) is 77.6 Å². The van der Waals surface area contributed by atoms with E-state index in [1.165, 1.54) is 0 Å². The fourth-order valence-corrected chi connectivity index (χ4v) is 4.91. The summed E-state index contributed by atoms with van der Waals surface area (Å²) in [7, 11) is 0. The standard InChI is InChI=1S/C27H30Cl2N2O5/c1-27(2,3)14-20-13-22(30-35-20)25-24(15-4-5-15)26(36-31-25)17(7-9-23(33)34)11-19(32)10-16-6-8-18(28)12-21(16)29/h6,8,12-13,15,17H,4-5,7,9-11,14H2,1-3H3,(H,33,34)/t17-/m0/s1. The lowest BCUT2D eigenvalue weighted by atomic mass is 9.88. The van der Waals surface area contributed by atoms with Crippen LogP contribution in [0.15, 0.2) is 33.3 Å². The van der Waals surface area contributed by atoms with Gasteiger partial charge in [-0.3, -0.25) is 9.59 Å². The van der Waals surface area contributed by atoms with Gasteiger partial charge in [0, 0.05) is 53.3 Å². The molecule has 0 radical (unpaired) electrons. The van der Waals surface area contributed by atoms with Crippen LogP contribution in [0.1, 0.15) is 87.4 Å². The number of hydrogen-bond acceptors (Lipinski definition) is 6. The molecule has 1 aliphatic rings. The van der Waals surface area contributed by atoms with Crippen molar-refractivity contribution in [1.82, 2.24) is 10.3 Å². The molecular formula is C27H30Cl2N2O5. The van der Waals surface area contributed by atoms with Crippen LogP contribution in [0.25, 0.3) is 11.4 Å². The molecule has 7 nitrogen and oxygen atoms in total. The fourth-order valence-electron chi connectivity index (χ4n) is 4.43. The first-order valence-corrected chi connectivity index (χ1v) is 12.9. The Bertz CT molecular complexity index is 1250. The van der Waals surface area contributed by atoms with E-state index < -0.39 is 11.9 Å². The largest absolute Gasteiger partial charge is 0.481 e. The normalized spacial score (nSPS) is 14.7. The molecule has 192 valence electrons. The van der Waals surface area contributed by atoms with Crippen LogP contribution in [0.2, 0.25) is 10.0 Å². The number of hydrogen-bond donors (Lipinski definition) is 1. The molecule has 1 atom stereocenters. The van der Waals surface area contributed by atoms with Gasteiger partial charge in [0.25, 0.3) is 0 Å². The Labute approximate surface area is 220 Å². The van der Waals surface area contributed by atoms with Gasteiger partial charge in [-0.15, -0.1) is 0 Å². The molecule has 1 aliphatic carbocycles. The lowest BCUT2D eigenvalue weighted by Crippen LogP contribution is -2.12. The zero-order valence-electron chi connectivity index (χ0n) is 20.6. The quantitative estimate of drug-likeness (QED) is 0.277. The molecule has 2 aromatic heterocycles. The highest BCUT2D eigenvalue weighted by Gasteiger charge is 2.37. The highest BCUT2D eigenvalue weighted by Crippen LogP contribution is 2.48. The van der Waals surface area contributed by atoms with Crippen molar-refractivity contribution in [3.63, 3.8) is 0 Å². The molecule has 0 bridgehead atoms. The van der Waals surface area contributed by atoms with E-state index in [0.29, 0.717) is 32.8 Å². The van der Waals surface area contributed by atoms with Crippen molar-refractivity contribution in [3.05, 3.63) is 57.0 Å². The Morgan fingerprint density at radius 1 is 1.14 bits per heavy atom. The zero-order chi connectivity index (χ0) is 26.0. The second kappa shape index (κ2) is 10.8. The van der Waals surface area contributed by atoms with Crippen LogP contribution in [0.5, 0.6) is 0 Å². The van der Waals surface area contributed by atoms with Crippen molar-refractivity contribution in [2.24, 2.45) is 5.41 Å². The third kappa shape index (κ3) is 6.77. The summed E-state index contributed by atoms with van der Waals surface area (Å²) in [5.74, 6) is 0.174. The minimum absolute atomic E-state index is 0.0420. The molecule has 0 saturated heterocycles. The van der Waals surface area contributed by atoms with Crippen LogP contribution in [0.4, 0.5) is 0 Å².